The second kappa shape index (κ2) is 9.16. The molecule has 2 aromatic rings. The van der Waals surface area contributed by atoms with Crippen LogP contribution in [0.2, 0.25) is 5.02 Å². The highest BCUT2D eigenvalue weighted by Gasteiger charge is 2.15. The first kappa shape index (κ1) is 21.8. The van der Waals surface area contributed by atoms with E-state index in [0.29, 0.717) is 22.0 Å². The summed E-state index contributed by atoms with van der Waals surface area (Å²) >= 11 is 5.87. The van der Waals surface area contributed by atoms with E-state index in [9.17, 15) is 18.0 Å². The monoisotopic (exact) mass is 424 g/mol. The van der Waals surface area contributed by atoms with Crippen LogP contribution in [-0.4, -0.2) is 45.3 Å². The molecule has 8 nitrogen and oxygen atoms in total. The molecule has 0 bridgehead atoms. The van der Waals surface area contributed by atoms with Crippen LogP contribution in [0.5, 0.6) is 0 Å². The van der Waals surface area contributed by atoms with Crippen molar-refractivity contribution in [2.75, 3.05) is 30.8 Å². The van der Waals surface area contributed by atoms with E-state index in [0.717, 1.165) is 0 Å². The summed E-state index contributed by atoms with van der Waals surface area (Å²) in [5.74, 6) is -0.702. The number of sulfonamides is 1. The molecule has 0 unspecified atom stereocenters. The first-order valence-corrected chi connectivity index (χ1v) is 10.1. The molecule has 0 heterocycles. The number of nitrogens with one attached hydrogen (secondary N) is 2. The van der Waals surface area contributed by atoms with Crippen molar-refractivity contribution in [1.82, 2.24) is 4.90 Å². The minimum atomic E-state index is -3.89. The number of anilines is 2. The number of likely N-dealkylation sites (N-methyl/N-ethyl adjacent to an activating group) is 1. The third kappa shape index (κ3) is 6.61. The van der Waals surface area contributed by atoms with Crippen molar-refractivity contribution in [3.05, 3.63) is 53.1 Å². The maximum atomic E-state index is 12.2. The van der Waals surface area contributed by atoms with Crippen LogP contribution >= 0.6 is 11.6 Å². The Morgan fingerprint density at radius 2 is 1.61 bits per heavy atom. The minimum Gasteiger partial charge on any atom is -0.325 e. The van der Waals surface area contributed by atoms with Crippen molar-refractivity contribution < 1.29 is 18.0 Å². The number of aryl methyl sites for hydroxylation is 1. The van der Waals surface area contributed by atoms with Crippen molar-refractivity contribution >= 4 is 44.8 Å². The van der Waals surface area contributed by atoms with Crippen molar-refractivity contribution in [1.29, 1.82) is 0 Å². The number of rotatable bonds is 7. The summed E-state index contributed by atoms with van der Waals surface area (Å²) in [6.45, 7) is 1.52. The van der Waals surface area contributed by atoms with Gasteiger partial charge in [-0.1, -0.05) is 23.7 Å². The van der Waals surface area contributed by atoms with Gasteiger partial charge in [-0.3, -0.25) is 14.5 Å². The molecule has 28 heavy (non-hydrogen) atoms. The van der Waals surface area contributed by atoms with Gasteiger partial charge in [0.05, 0.1) is 18.0 Å². The molecule has 150 valence electrons. The standard InChI is InChI=1S/C18H21ClN4O4S/c1-12-6-7-15(9-16(12)28(20,26)27)22-18(25)11-23(2)10-17(24)21-14-5-3-4-13(19)8-14/h3-9H,10-11H2,1-2H3,(H,21,24)(H,22,25)(H2,20,26,27). The highest BCUT2D eigenvalue weighted by Crippen LogP contribution is 2.19. The summed E-state index contributed by atoms with van der Waals surface area (Å²) < 4.78 is 23.1. The van der Waals surface area contributed by atoms with Crippen LogP contribution in [0.25, 0.3) is 0 Å². The van der Waals surface area contributed by atoms with E-state index in [1.54, 1.807) is 50.4 Å². The average molecular weight is 425 g/mol. The Bertz CT molecular complexity index is 995. The fraction of sp³-hybridized carbons (Fsp3) is 0.222. The molecule has 0 aliphatic rings. The Balaban J connectivity index is 1.91. The maximum Gasteiger partial charge on any atom is 0.238 e. The highest BCUT2D eigenvalue weighted by atomic mass is 35.5. The molecule has 0 fully saturated rings. The molecule has 0 aliphatic carbocycles. The lowest BCUT2D eigenvalue weighted by Gasteiger charge is -2.16. The van der Waals surface area contributed by atoms with Crippen LogP contribution in [0.3, 0.4) is 0 Å². The minimum absolute atomic E-state index is 0.0176. The average Bonchev–Trinajstić information content (AvgIpc) is 2.55. The van der Waals surface area contributed by atoms with Gasteiger partial charge in [-0.25, -0.2) is 13.6 Å². The van der Waals surface area contributed by atoms with Gasteiger partial charge in [0.2, 0.25) is 21.8 Å². The Labute approximate surface area is 168 Å². The summed E-state index contributed by atoms with van der Waals surface area (Å²) in [5, 5.41) is 10.9. The number of benzene rings is 2. The second-order valence-electron chi connectivity index (χ2n) is 6.30. The Morgan fingerprint density at radius 3 is 2.14 bits per heavy atom. The van der Waals surface area contributed by atoms with E-state index in [1.807, 2.05) is 0 Å². The van der Waals surface area contributed by atoms with Gasteiger partial charge >= 0.3 is 0 Å². The zero-order chi connectivity index (χ0) is 20.9. The van der Waals surface area contributed by atoms with Gasteiger partial charge in [-0.05, 0) is 49.9 Å². The van der Waals surface area contributed by atoms with E-state index in [2.05, 4.69) is 10.6 Å². The fourth-order valence-corrected chi connectivity index (χ4v) is 3.50. The Kier molecular flexibility index (Phi) is 7.14. The van der Waals surface area contributed by atoms with Crippen LogP contribution in [0.4, 0.5) is 11.4 Å². The number of carbonyl (C=O) groups is 2. The van der Waals surface area contributed by atoms with Crippen LogP contribution in [0.1, 0.15) is 5.56 Å². The molecule has 4 N–H and O–H groups in total. The van der Waals surface area contributed by atoms with Crippen LogP contribution in [0, 0.1) is 6.92 Å². The second-order valence-corrected chi connectivity index (χ2v) is 8.27. The van der Waals surface area contributed by atoms with Crippen LogP contribution < -0.4 is 15.8 Å². The van der Waals surface area contributed by atoms with Gasteiger partial charge in [0.25, 0.3) is 0 Å². The first-order chi connectivity index (χ1) is 13.0. The molecule has 2 rings (SSSR count). The molecular formula is C18H21ClN4O4S. The van der Waals surface area contributed by atoms with Crippen molar-refractivity contribution in [3.8, 4) is 0 Å². The summed E-state index contributed by atoms with van der Waals surface area (Å²) in [4.78, 5) is 25.7. The number of hydrogen-bond donors (Lipinski definition) is 3. The van der Waals surface area contributed by atoms with E-state index in [4.69, 9.17) is 16.7 Å². The van der Waals surface area contributed by atoms with Gasteiger partial charge in [0.15, 0.2) is 0 Å². The molecule has 0 spiro atoms. The lowest BCUT2D eigenvalue weighted by Crippen LogP contribution is -2.36. The summed E-state index contributed by atoms with van der Waals surface area (Å²) in [5.41, 5.74) is 1.34. The number of halogens is 1. The Hall–Kier alpha value is -2.46. The number of primary sulfonamides is 1. The lowest BCUT2D eigenvalue weighted by atomic mass is 10.2. The highest BCUT2D eigenvalue weighted by molar-refractivity contribution is 7.89. The largest absolute Gasteiger partial charge is 0.325 e. The summed E-state index contributed by atoms with van der Waals surface area (Å²) in [6.07, 6.45) is 0. The Morgan fingerprint density at radius 1 is 1.04 bits per heavy atom. The third-order valence-corrected chi connectivity index (χ3v) is 5.00. The number of hydrogen-bond acceptors (Lipinski definition) is 5. The predicted molar refractivity (Wildman–Crippen MR) is 109 cm³/mol. The third-order valence-electron chi connectivity index (χ3n) is 3.71. The lowest BCUT2D eigenvalue weighted by molar-refractivity contribution is -0.119. The number of nitrogens with zero attached hydrogens (tertiary/aromatic N) is 1. The molecule has 0 saturated heterocycles. The number of carbonyl (C=O) groups excluding carboxylic acids is 2. The molecule has 2 aromatic carbocycles. The maximum absolute atomic E-state index is 12.2. The molecule has 0 atom stereocenters. The normalized spacial score (nSPS) is 11.3. The van der Waals surface area contributed by atoms with Gasteiger partial charge in [-0.2, -0.15) is 0 Å². The summed E-state index contributed by atoms with van der Waals surface area (Å²) in [7, 11) is -2.27. The van der Waals surface area contributed by atoms with Gasteiger partial charge in [0, 0.05) is 16.4 Å². The molecule has 10 heteroatoms. The van der Waals surface area contributed by atoms with E-state index < -0.39 is 15.9 Å². The first-order valence-electron chi connectivity index (χ1n) is 8.22. The van der Waals surface area contributed by atoms with E-state index in [-0.39, 0.29) is 23.9 Å². The van der Waals surface area contributed by atoms with E-state index >= 15 is 0 Å². The smallest absolute Gasteiger partial charge is 0.238 e. The fourth-order valence-electron chi connectivity index (χ4n) is 2.50. The van der Waals surface area contributed by atoms with Crippen LogP contribution in [-0.2, 0) is 19.6 Å². The number of amides is 2. The zero-order valence-corrected chi connectivity index (χ0v) is 17.0. The van der Waals surface area contributed by atoms with Crippen LogP contribution in [0.15, 0.2) is 47.4 Å². The zero-order valence-electron chi connectivity index (χ0n) is 15.4. The van der Waals surface area contributed by atoms with Gasteiger partial charge in [0.1, 0.15) is 0 Å². The molecule has 0 saturated carbocycles. The SMILES string of the molecule is Cc1ccc(NC(=O)CN(C)CC(=O)Nc2cccc(Cl)c2)cc1S(N)(=O)=O. The molecular weight excluding hydrogens is 404 g/mol. The van der Waals surface area contributed by atoms with Gasteiger partial charge in [-0.15, -0.1) is 0 Å². The van der Waals surface area contributed by atoms with Crippen molar-refractivity contribution in [3.63, 3.8) is 0 Å². The molecule has 2 amide bonds. The quantitative estimate of drug-likeness (QED) is 0.625. The van der Waals surface area contributed by atoms with Crippen molar-refractivity contribution in [2.45, 2.75) is 11.8 Å². The molecule has 0 aromatic heterocycles. The molecule has 0 aliphatic heterocycles. The van der Waals surface area contributed by atoms with Crippen molar-refractivity contribution in [2.24, 2.45) is 5.14 Å². The predicted octanol–water partition coefficient (Wildman–Crippen LogP) is 1.80. The number of nitrogens with two attached hydrogens (primary N) is 1. The van der Waals surface area contributed by atoms with Gasteiger partial charge < -0.3 is 10.6 Å². The molecule has 0 radical (unpaired) electrons. The van der Waals surface area contributed by atoms with E-state index in [1.165, 1.54) is 11.0 Å². The topological polar surface area (TPSA) is 122 Å². The summed E-state index contributed by atoms with van der Waals surface area (Å²) in [6, 6.07) is 11.2.